The summed E-state index contributed by atoms with van der Waals surface area (Å²) in [5, 5.41) is 3.31. The molecule has 0 saturated heterocycles. The number of H-pyrrole nitrogens is 1. The highest BCUT2D eigenvalue weighted by atomic mass is 32.2. The molecule has 10 nitrogen and oxygen atoms in total. The molecule has 0 amide bonds. The van der Waals surface area contributed by atoms with E-state index < -0.39 is 38.7 Å². The fraction of sp³-hybridized carbons (Fsp3) is 0.182. The Labute approximate surface area is 198 Å². The van der Waals surface area contributed by atoms with Crippen LogP contribution in [0.3, 0.4) is 0 Å². The highest BCUT2D eigenvalue weighted by molar-refractivity contribution is 7.92. The van der Waals surface area contributed by atoms with Crippen molar-refractivity contribution in [2.45, 2.75) is 24.8 Å². The van der Waals surface area contributed by atoms with Gasteiger partial charge in [0.25, 0.3) is 10.0 Å². The Balaban J connectivity index is 1.75. The standard InChI is InChI=1S/C22H20F2N6O4S/c1-11(2)29-22-17-13(9-26-21(17)27-10-28-22)20(31)18-14(23)5-6-15(19(18)24)30-35(32,33)12-4-7-16(34-3)25-8-12/h4-11,30H,1-3H3,(H2,26,27,28,29). The maximum atomic E-state index is 15.4. The largest absolute Gasteiger partial charge is 0.481 e. The van der Waals surface area contributed by atoms with E-state index in [1.165, 1.54) is 31.8 Å². The fourth-order valence-electron chi connectivity index (χ4n) is 3.35. The van der Waals surface area contributed by atoms with Crippen LogP contribution < -0.4 is 14.8 Å². The van der Waals surface area contributed by atoms with E-state index in [1.807, 2.05) is 18.6 Å². The molecule has 3 heterocycles. The predicted octanol–water partition coefficient (Wildman–Crippen LogP) is 3.49. The van der Waals surface area contributed by atoms with Crippen molar-refractivity contribution < 1.29 is 26.7 Å². The van der Waals surface area contributed by atoms with Crippen LogP contribution in [-0.2, 0) is 10.0 Å². The number of carbonyl (C=O) groups excluding carboxylic acids is 1. The van der Waals surface area contributed by atoms with Crippen molar-refractivity contribution in [1.82, 2.24) is 19.9 Å². The number of nitrogens with zero attached hydrogens (tertiary/aromatic N) is 3. The Morgan fingerprint density at radius 2 is 1.89 bits per heavy atom. The minimum Gasteiger partial charge on any atom is -0.481 e. The van der Waals surface area contributed by atoms with Gasteiger partial charge in [-0.25, -0.2) is 32.2 Å². The number of nitrogens with one attached hydrogen (secondary N) is 3. The maximum absolute atomic E-state index is 15.4. The molecule has 0 aliphatic heterocycles. The van der Waals surface area contributed by atoms with Crippen molar-refractivity contribution in [3.8, 4) is 5.88 Å². The van der Waals surface area contributed by atoms with Gasteiger partial charge in [0, 0.05) is 18.3 Å². The van der Waals surface area contributed by atoms with Crippen molar-refractivity contribution in [1.29, 1.82) is 0 Å². The van der Waals surface area contributed by atoms with Crippen LogP contribution in [0.1, 0.15) is 29.8 Å². The van der Waals surface area contributed by atoms with Crippen LogP contribution in [0.4, 0.5) is 20.3 Å². The van der Waals surface area contributed by atoms with Crippen LogP contribution in [0.15, 0.2) is 47.9 Å². The number of aromatic nitrogens is 4. The molecule has 0 saturated carbocycles. The minimum atomic E-state index is -4.30. The molecule has 0 aliphatic carbocycles. The lowest BCUT2D eigenvalue weighted by Crippen LogP contribution is -2.17. The average Bonchev–Trinajstić information content (AvgIpc) is 3.26. The van der Waals surface area contributed by atoms with E-state index in [2.05, 4.69) is 25.3 Å². The van der Waals surface area contributed by atoms with Gasteiger partial charge in [0.05, 0.1) is 35.5 Å². The zero-order valence-electron chi connectivity index (χ0n) is 18.8. The van der Waals surface area contributed by atoms with E-state index >= 15 is 4.39 Å². The molecule has 4 aromatic rings. The lowest BCUT2D eigenvalue weighted by Gasteiger charge is -2.13. The zero-order valence-corrected chi connectivity index (χ0v) is 19.6. The molecular formula is C22H20F2N6O4S. The topological polar surface area (TPSA) is 139 Å². The van der Waals surface area contributed by atoms with Gasteiger partial charge >= 0.3 is 0 Å². The van der Waals surface area contributed by atoms with Gasteiger partial charge in [0.1, 0.15) is 28.5 Å². The van der Waals surface area contributed by atoms with Crippen LogP contribution >= 0.6 is 0 Å². The summed E-state index contributed by atoms with van der Waals surface area (Å²) in [5.74, 6) is -3.06. The number of rotatable bonds is 8. The van der Waals surface area contributed by atoms with E-state index in [1.54, 1.807) is 0 Å². The first-order valence-corrected chi connectivity index (χ1v) is 11.7. The van der Waals surface area contributed by atoms with Gasteiger partial charge in [-0.3, -0.25) is 9.52 Å². The number of anilines is 2. The van der Waals surface area contributed by atoms with E-state index in [0.717, 1.165) is 18.3 Å². The van der Waals surface area contributed by atoms with Crippen molar-refractivity contribution >= 4 is 38.3 Å². The lowest BCUT2D eigenvalue weighted by molar-refractivity contribution is 0.103. The predicted molar refractivity (Wildman–Crippen MR) is 124 cm³/mol. The first-order valence-electron chi connectivity index (χ1n) is 10.3. The van der Waals surface area contributed by atoms with Gasteiger partial charge in [-0.05, 0) is 32.0 Å². The third-order valence-corrected chi connectivity index (χ3v) is 6.28. The normalized spacial score (nSPS) is 11.6. The summed E-state index contributed by atoms with van der Waals surface area (Å²) < 4.78 is 62.4. The molecule has 0 spiro atoms. The third-order valence-electron chi connectivity index (χ3n) is 4.93. The number of ketones is 1. The summed E-state index contributed by atoms with van der Waals surface area (Å²) in [7, 11) is -2.94. The van der Waals surface area contributed by atoms with Crippen LogP contribution in [0.5, 0.6) is 5.88 Å². The van der Waals surface area contributed by atoms with Crippen LogP contribution in [0.2, 0.25) is 0 Å². The number of hydrogen-bond acceptors (Lipinski definition) is 8. The molecule has 0 fully saturated rings. The molecule has 4 rings (SSSR count). The molecule has 3 aromatic heterocycles. The van der Waals surface area contributed by atoms with Crippen molar-refractivity contribution in [3.05, 3.63) is 65.7 Å². The number of benzene rings is 1. The summed E-state index contributed by atoms with van der Waals surface area (Å²) in [6.45, 7) is 3.71. The Bertz CT molecular complexity index is 1520. The number of methoxy groups -OCH3 is 1. The van der Waals surface area contributed by atoms with Gasteiger partial charge in [0.2, 0.25) is 11.7 Å². The highest BCUT2D eigenvalue weighted by Crippen LogP contribution is 2.30. The second-order valence-corrected chi connectivity index (χ2v) is 9.38. The smallest absolute Gasteiger partial charge is 0.263 e. The maximum Gasteiger partial charge on any atom is 0.263 e. The molecule has 3 N–H and O–H groups in total. The first-order chi connectivity index (χ1) is 16.6. The van der Waals surface area contributed by atoms with E-state index in [9.17, 15) is 17.6 Å². The van der Waals surface area contributed by atoms with Gasteiger partial charge < -0.3 is 15.0 Å². The molecule has 182 valence electrons. The monoisotopic (exact) mass is 502 g/mol. The molecule has 0 bridgehead atoms. The van der Waals surface area contributed by atoms with Crippen molar-refractivity contribution in [2.75, 3.05) is 17.1 Å². The molecule has 0 aliphatic rings. The molecule has 0 unspecified atom stereocenters. The minimum absolute atomic E-state index is 0.0513. The summed E-state index contributed by atoms with van der Waals surface area (Å²) in [6, 6.07) is 4.16. The molecular weight excluding hydrogens is 482 g/mol. The van der Waals surface area contributed by atoms with E-state index in [0.29, 0.717) is 5.82 Å². The molecule has 0 atom stereocenters. The van der Waals surface area contributed by atoms with E-state index in [-0.39, 0.29) is 33.4 Å². The fourth-order valence-corrected chi connectivity index (χ4v) is 4.35. The third kappa shape index (κ3) is 4.62. The summed E-state index contributed by atoms with van der Waals surface area (Å²) >= 11 is 0. The summed E-state index contributed by atoms with van der Waals surface area (Å²) in [4.78, 5) is 27.8. The van der Waals surface area contributed by atoms with Crippen LogP contribution in [0.25, 0.3) is 11.0 Å². The molecule has 35 heavy (non-hydrogen) atoms. The Morgan fingerprint density at radius 1 is 1.11 bits per heavy atom. The number of halogens is 2. The lowest BCUT2D eigenvalue weighted by atomic mass is 10.0. The Hall–Kier alpha value is -4.13. The number of ether oxygens (including phenoxy) is 1. The zero-order chi connectivity index (χ0) is 25.3. The summed E-state index contributed by atoms with van der Waals surface area (Å²) in [6.07, 6.45) is 3.57. The van der Waals surface area contributed by atoms with Crippen LogP contribution in [-0.4, -0.2) is 47.3 Å². The molecule has 13 heteroatoms. The van der Waals surface area contributed by atoms with Gasteiger partial charge in [0.15, 0.2) is 5.82 Å². The van der Waals surface area contributed by atoms with Crippen LogP contribution in [0, 0.1) is 11.6 Å². The summed E-state index contributed by atoms with van der Waals surface area (Å²) in [5.41, 5.74) is -1.34. The van der Waals surface area contributed by atoms with Gasteiger partial charge in [-0.15, -0.1) is 0 Å². The first kappa shape index (κ1) is 24.0. The second kappa shape index (κ2) is 9.25. The number of aromatic amines is 1. The Morgan fingerprint density at radius 3 is 2.54 bits per heavy atom. The number of carbonyl (C=O) groups is 1. The second-order valence-electron chi connectivity index (χ2n) is 7.70. The van der Waals surface area contributed by atoms with Gasteiger partial charge in [-0.1, -0.05) is 0 Å². The quantitative estimate of drug-likeness (QED) is 0.311. The SMILES string of the molecule is COc1ccc(S(=O)(=O)Nc2ccc(F)c(C(=O)c3c[nH]c4ncnc(NC(C)C)c34)c2F)cn1. The number of sulfonamides is 1. The van der Waals surface area contributed by atoms with E-state index in [4.69, 9.17) is 4.74 Å². The Kier molecular flexibility index (Phi) is 6.35. The number of fused-ring (bicyclic) bond motifs is 1. The van der Waals surface area contributed by atoms with Crippen molar-refractivity contribution in [3.63, 3.8) is 0 Å². The molecule has 1 aromatic carbocycles. The van der Waals surface area contributed by atoms with Crippen molar-refractivity contribution in [2.24, 2.45) is 0 Å². The molecule has 0 radical (unpaired) electrons. The van der Waals surface area contributed by atoms with Gasteiger partial charge in [-0.2, -0.15) is 0 Å². The average molecular weight is 503 g/mol. The number of pyridine rings is 1. The number of hydrogen-bond donors (Lipinski definition) is 3. The highest BCUT2D eigenvalue weighted by Gasteiger charge is 2.27.